The van der Waals surface area contributed by atoms with Crippen LogP contribution in [0.3, 0.4) is 0 Å². The maximum Gasteiger partial charge on any atom is 0.408 e. The molecule has 3 aromatic carbocycles. The van der Waals surface area contributed by atoms with E-state index in [1.54, 1.807) is 6.92 Å². The molecule has 1 aliphatic rings. The Labute approximate surface area is 287 Å². The van der Waals surface area contributed by atoms with Gasteiger partial charge in [0.2, 0.25) is 17.7 Å². The predicted octanol–water partition coefficient (Wildman–Crippen LogP) is 4.34. The van der Waals surface area contributed by atoms with Gasteiger partial charge in [0.1, 0.15) is 18.7 Å². The van der Waals surface area contributed by atoms with Gasteiger partial charge in [-0.15, -0.1) is 0 Å². The first-order chi connectivity index (χ1) is 23.6. The molecule has 0 saturated carbocycles. The fourth-order valence-corrected chi connectivity index (χ4v) is 5.81. The van der Waals surface area contributed by atoms with E-state index in [9.17, 15) is 24.0 Å². The first kappa shape index (κ1) is 36.6. The van der Waals surface area contributed by atoms with Crippen LogP contribution in [0.15, 0.2) is 84.9 Å². The van der Waals surface area contributed by atoms with Crippen LogP contribution in [-0.4, -0.2) is 61.1 Å². The molecular formula is C38H46N4O7. The SMILES string of the molecule is CCOC(=O)/C=C/[C@H](C[C@@H]1CCNC1=O)NC(=O)[C@H](CC(C)C)NC(=O)[C@H](Cc1cccc2ccccc12)NC(=O)OCc1ccccc1. The van der Waals surface area contributed by atoms with Gasteiger partial charge in [0.05, 0.1) is 6.61 Å². The van der Waals surface area contributed by atoms with Gasteiger partial charge in [0, 0.05) is 31.0 Å². The van der Waals surface area contributed by atoms with Crippen molar-refractivity contribution < 1.29 is 33.4 Å². The van der Waals surface area contributed by atoms with E-state index in [0.29, 0.717) is 19.4 Å². The van der Waals surface area contributed by atoms with E-state index in [0.717, 1.165) is 21.9 Å². The minimum absolute atomic E-state index is 0.0190. The molecule has 0 radical (unpaired) electrons. The molecule has 3 aromatic rings. The molecule has 1 heterocycles. The van der Waals surface area contributed by atoms with E-state index in [2.05, 4.69) is 21.3 Å². The largest absolute Gasteiger partial charge is 0.463 e. The lowest BCUT2D eigenvalue weighted by molar-refractivity contribution is -0.137. The Morgan fingerprint density at radius 1 is 0.878 bits per heavy atom. The number of fused-ring (bicyclic) bond motifs is 1. The van der Waals surface area contributed by atoms with Crippen molar-refractivity contribution in [2.45, 2.75) is 71.2 Å². The minimum atomic E-state index is -1.07. The van der Waals surface area contributed by atoms with Crippen LogP contribution in [0.5, 0.6) is 0 Å². The van der Waals surface area contributed by atoms with Gasteiger partial charge in [-0.3, -0.25) is 14.4 Å². The number of carbonyl (C=O) groups is 5. The van der Waals surface area contributed by atoms with Gasteiger partial charge >= 0.3 is 12.1 Å². The van der Waals surface area contributed by atoms with Crippen LogP contribution < -0.4 is 21.3 Å². The molecule has 4 N–H and O–H groups in total. The summed E-state index contributed by atoms with van der Waals surface area (Å²) in [5, 5.41) is 13.2. The number of alkyl carbamates (subject to hydrolysis) is 1. The molecule has 0 aromatic heterocycles. The second kappa shape index (κ2) is 18.4. The molecule has 0 spiro atoms. The third-order valence-electron chi connectivity index (χ3n) is 8.25. The molecule has 0 aliphatic carbocycles. The molecule has 0 bridgehead atoms. The van der Waals surface area contributed by atoms with Crippen molar-refractivity contribution in [1.82, 2.24) is 21.3 Å². The highest BCUT2D eigenvalue weighted by atomic mass is 16.5. The highest BCUT2D eigenvalue weighted by Gasteiger charge is 2.31. The van der Waals surface area contributed by atoms with E-state index in [4.69, 9.17) is 9.47 Å². The second-order valence-electron chi connectivity index (χ2n) is 12.5. The van der Waals surface area contributed by atoms with Crippen molar-refractivity contribution in [3.63, 3.8) is 0 Å². The molecule has 4 atom stereocenters. The maximum atomic E-state index is 14.0. The number of nitrogens with one attached hydrogen (secondary N) is 4. The maximum absolute atomic E-state index is 14.0. The number of benzene rings is 3. The molecule has 4 rings (SSSR count). The number of hydrogen-bond donors (Lipinski definition) is 4. The molecule has 11 heteroatoms. The van der Waals surface area contributed by atoms with Gasteiger partial charge < -0.3 is 30.7 Å². The summed E-state index contributed by atoms with van der Waals surface area (Å²) in [4.78, 5) is 65.2. The smallest absolute Gasteiger partial charge is 0.408 e. The molecule has 11 nitrogen and oxygen atoms in total. The number of carbonyl (C=O) groups excluding carboxylic acids is 5. The summed E-state index contributed by atoms with van der Waals surface area (Å²) in [5.41, 5.74) is 1.63. The first-order valence-corrected chi connectivity index (χ1v) is 16.8. The first-order valence-electron chi connectivity index (χ1n) is 16.8. The van der Waals surface area contributed by atoms with Crippen molar-refractivity contribution in [2.24, 2.45) is 11.8 Å². The average Bonchev–Trinajstić information content (AvgIpc) is 3.49. The normalized spacial score (nSPS) is 16.1. The Bertz CT molecular complexity index is 1620. The lowest BCUT2D eigenvalue weighted by Gasteiger charge is -2.26. The fraction of sp³-hybridized carbons (Fsp3) is 0.395. The van der Waals surface area contributed by atoms with Gasteiger partial charge in [-0.2, -0.15) is 0 Å². The van der Waals surface area contributed by atoms with E-state index < -0.39 is 42.0 Å². The zero-order chi connectivity index (χ0) is 35.2. The van der Waals surface area contributed by atoms with E-state index in [1.165, 1.54) is 12.2 Å². The summed E-state index contributed by atoms with van der Waals surface area (Å²) >= 11 is 0. The Balaban J connectivity index is 1.54. The van der Waals surface area contributed by atoms with Crippen LogP contribution in [0, 0.1) is 11.8 Å². The molecule has 49 heavy (non-hydrogen) atoms. The lowest BCUT2D eigenvalue weighted by atomic mass is 9.96. The quantitative estimate of drug-likeness (QED) is 0.131. The molecule has 260 valence electrons. The summed E-state index contributed by atoms with van der Waals surface area (Å²) in [5.74, 6) is -2.03. The van der Waals surface area contributed by atoms with Gasteiger partial charge in [-0.25, -0.2) is 9.59 Å². The lowest BCUT2D eigenvalue weighted by Crippen LogP contribution is -2.55. The van der Waals surface area contributed by atoms with Crippen molar-refractivity contribution in [3.05, 3.63) is 96.1 Å². The van der Waals surface area contributed by atoms with Crippen LogP contribution in [0.2, 0.25) is 0 Å². The zero-order valence-electron chi connectivity index (χ0n) is 28.3. The summed E-state index contributed by atoms with van der Waals surface area (Å²) in [6, 6.07) is 20.0. The molecule has 1 aliphatic heterocycles. The molecule has 0 unspecified atom stereocenters. The Kier molecular flexibility index (Phi) is 13.7. The van der Waals surface area contributed by atoms with Gasteiger partial charge in [-0.05, 0) is 54.0 Å². The number of esters is 1. The monoisotopic (exact) mass is 670 g/mol. The Morgan fingerprint density at radius 3 is 2.31 bits per heavy atom. The van der Waals surface area contributed by atoms with Crippen LogP contribution in [0.4, 0.5) is 4.79 Å². The number of amides is 4. The topological polar surface area (TPSA) is 152 Å². The van der Waals surface area contributed by atoms with E-state index in [-0.39, 0.29) is 43.8 Å². The summed E-state index contributed by atoms with van der Waals surface area (Å²) in [6.45, 7) is 6.31. The Morgan fingerprint density at radius 2 is 1.59 bits per heavy atom. The average molecular weight is 671 g/mol. The Hall–Kier alpha value is -5.19. The van der Waals surface area contributed by atoms with Crippen molar-refractivity contribution in [2.75, 3.05) is 13.2 Å². The fourth-order valence-electron chi connectivity index (χ4n) is 5.81. The summed E-state index contributed by atoms with van der Waals surface area (Å²) in [6.07, 6.45) is 3.31. The van der Waals surface area contributed by atoms with Gasteiger partial charge in [0.15, 0.2) is 0 Å². The van der Waals surface area contributed by atoms with Gasteiger partial charge in [0.25, 0.3) is 0 Å². The molecule has 1 fully saturated rings. The summed E-state index contributed by atoms with van der Waals surface area (Å²) < 4.78 is 10.4. The predicted molar refractivity (Wildman–Crippen MR) is 186 cm³/mol. The highest BCUT2D eigenvalue weighted by molar-refractivity contribution is 5.93. The number of rotatable bonds is 16. The third-order valence-corrected chi connectivity index (χ3v) is 8.25. The third kappa shape index (κ3) is 11.5. The van der Waals surface area contributed by atoms with Crippen LogP contribution >= 0.6 is 0 Å². The van der Waals surface area contributed by atoms with Crippen molar-refractivity contribution in [1.29, 1.82) is 0 Å². The summed E-state index contributed by atoms with van der Waals surface area (Å²) in [7, 11) is 0. The van der Waals surface area contributed by atoms with Crippen LogP contribution in [0.1, 0.15) is 51.2 Å². The van der Waals surface area contributed by atoms with E-state index in [1.807, 2.05) is 86.6 Å². The minimum Gasteiger partial charge on any atom is -0.463 e. The highest BCUT2D eigenvalue weighted by Crippen LogP contribution is 2.21. The molecule has 4 amide bonds. The molecule has 1 saturated heterocycles. The van der Waals surface area contributed by atoms with Crippen LogP contribution in [0.25, 0.3) is 10.8 Å². The van der Waals surface area contributed by atoms with E-state index >= 15 is 0 Å². The van der Waals surface area contributed by atoms with Crippen molar-refractivity contribution >= 4 is 40.6 Å². The van der Waals surface area contributed by atoms with Crippen molar-refractivity contribution in [3.8, 4) is 0 Å². The molecular weight excluding hydrogens is 624 g/mol. The number of ether oxygens (including phenoxy) is 2. The standard InChI is InChI=1S/C38H46N4O7/c1-4-48-34(43)18-17-30(22-29-19-20-39-35(29)44)40-36(45)32(21-25(2)3)41-37(46)33(42-38(47)49-24-26-11-6-5-7-12-26)23-28-15-10-14-27-13-8-9-16-31(27)28/h5-18,25,29-30,32-33H,4,19-24H2,1-3H3,(H,39,44)(H,40,45)(H,41,46)(H,42,47)/b18-17+/t29-,30+,32-,33-/m0/s1. The van der Waals surface area contributed by atoms with Gasteiger partial charge in [-0.1, -0.05) is 92.7 Å². The zero-order valence-corrected chi connectivity index (χ0v) is 28.3. The van der Waals surface area contributed by atoms with Crippen LogP contribution in [-0.2, 0) is 41.7 Å². The second-order valence-corrected chi connectivity index (χ2v) is 12.5. The number of hydrogen-bond acceptors (Lipinski definition) is 7.